The molecule has 1 heteroatoms. The summed E-state index contributed by atoms with van der Waals surface area (Å²) in [6, 6.07) is 0. The molecule has 0 unspecified atom stereocenters. The normalized spacial score (nSPS) is 41.4. The highest BCUT2D eigenvalue weighted by Crippen LogP contribution is 2.56. The van der Waals surface area contributed by atoms with Crippen LogP contribution in [0.1, 0.15) is 20.8 Å². The molecule has 0 aromatic rings. The van der Waals surface area contributed by atoms with Crippen molar-refractivity contribution in [1.29, 1.82) is 0 Å². The fraction of sp³-hybridized carbons (Fsp3) is 0.857. The lowest BCUT2D eigenvalue weighted by atomic mass is 10.1. The van der Waals surface area contributed by atoms with Crippen LogP contribution in [0.4, 0.5) is 0 Å². The minimum atomic E-state index is 0.307. The summed E-state index contributed by atoms with van der Waals surface area (Å²) in [6.07, 6.45) is 1.07. The van der Waals surface area contributed by atoms with Crippen LogP contribution in [0.3, 0.4) is 0 Å². The Morgan fingerprint density at radius 3 is 1.88 bits per heavy atom. The third kappa shape index (κ3) is 0.504. The average molecular weight is 112 g/mol. The Hall–Kier alpha value is -0.330. The number of rotatable bonds is 1. The summed E-state index contributed by atoms with van der Waals surface area (Å²) in [7, 11) is 0. The largest absolute Gasteiger partial charge is 0.303 e. The number of aldehydes is 1. The third-order valence-electron chi connectivity index (χ3n) is 2.61. The van der Waals surface area contributed by atoms with Crippen molar-refractivity contribution >= 4 is 6.29 Å². The first-order valence-corrected chi connectivity index (χ1v) is 3.06. The quantitative estimate of drug-likeness (QED) is 0.469. The van der Waals surface area contributed by atoms with Gasteiger partial charge in [0, 0.05) is 5.92 Å². The predicted octanol–water partition coefficient (Wildman–Crippen LogP) is 1.48. The van der Waals surface area contributed by atoms with Crippen LogP contribution in [0.5, 0.6) is 0 Å². The first-order chi connectivity index (χ1) is 3.60. The smallest absolute Gasteiger partial charge is 0.123 e. The van der Waals surface area contributed by atoms with Crippen LogP contribution in [0, 0.1) is 17.3 Å². The van der Waals surface area contributed by atoms with E-state index in [9.17, 15) is 4.79 Å². The van der Waals surface area contributed by atoms with E-state index >= 15 is 0 Å². The molecule has 0 amide bonds. The minimum Gasteiger partial charge on any atom is -0.303 e. The monoisotopic (exact) mass is 112 g/mol. The molecule has 8 heavy (non-hydrogen) atoms. The molecule has 46 valence electrons. The fourth-order valence-electron chi connectivity index (χ4n) is 1.23. The lowest BCUT2D eigenvalue weighted by Crippen LogP contribution is -1.89. The van der Waals surface area contributed by atoms with Crippen LogP contribution >= 0.6 is 0 Å². The van der Waals surface area contributed by atoms with Crippen LogP contribution in [0.15, 0.2) is 0 Å². The molecule has 0 N–H and O–H groups in total. The lowest BCUT2D eigenvalue weighted by Gasteiger charge is -1.93. The summed E-state index contributed by atoms with van der Waals surface area (Å²) in [5.41, 5.74) is 0.307. The van der Waals surface area contributed by atoms with Gasteiger partial charge in [0.15, 0.2) is 0 Å². The second kappa shape index (κ2) is 1.34. The zero-order valence-electron chi connectivity index (χ0n) is 5.64. The van der Waals surface area contributed by atoms with Gasteiger partial charge in [-0.2, -0.15) is 0 Å². The molecular weight excluding hydrogens is 100 g/mol. The molecule has 1 fully saturated rings. The van der Waals surface area contributed by atoms with Gasteiger partial charge in [-0.1, -0.05) is 20.8 Å². The van der Waals surface area contributed by atoms with Crippen LogP contribution in [-0.2, 0) is 4.79 Å². The number of hydrogen-bond acceptors (Lipinski definition) is 1. The molecule has 0 aromatic carbocycles. The van der Waals surface area contributed by atoms with E-state index in [2.05, 4.69) is 20.8 Å². The van der Waals surface area contributed by atoms with E-state index in [1.165, 1.54) is 0 Å². The van der Waals surface area contributed by atoms with Crippen molar-refractivity contribution in [3.05, 3.63) is 0 Å². The van der Waals surface area contributed by atoms with Crippen LogP contribution in [0.2, 0.25) is 0 Å². The number of hydrogen-bond donors (Lipinski definition) is 0. The van der Waals surface area contributed by atoms with Gasteiger partial charge >= 0.3 is 0 Å². The van der Waals surface area contributed by atoms with Gasteiger partial charge in [0.2, 0.25) is 0 Å². The predicted molar refractivity (Wildman–Crippen MR) is 32.5 cm³/mol. The standard InChI is InChI=1S/C7H12O/c1-5-6(4-8)7(5,2)3/h4-6H,1-3H3/t5-,6+/m0/s1. The van der Waals surface area contributed by atoms with E-state index < -0.39 is 0 Å². The number of carbonyl (C=O) groups is 1. The first kappa shape index (κ1) is 5.80. The van der Waals surface area contributed by atoms with Crippen molar-refractivity contribution in [3.8, 4) is 0 Å². The summed E-state index contributed by atoms with van der Waals surface area (Å²) < 4.78 is 0. The topological polar surface area (TPSA) is 17.1 Å². The second-order valence-corrected chi connectivity index (χ2v) is 3.27. The SMILES string of the molecule is C[C@H]1[C@@H](C=O)C1(C)C. The highest BCUT2D eigenvalue weighted by atomic mass is 16.1. The Labute approximate surface area is 50.1 Å². The van der Waals surface area contributed by atoms with Gasteiger partial charge in [0.1, 0.15) is 6.29 Å². The van der Waals surface area contributed by atoms with Crippen LogP contribution in [-0.4, -0.2) is 6.29 Å². The highest BCUT2D eigenvalue weighted by Gasteiger charge is 2.54. The van der Waals surface area contributed by atoms with E-state index in [0.717, 1.165) is 6.29 Å². The molecule has 0 aliphatic heterocycles. The molecule has 0 aromatic heterocycles. The molecule has 1 aliphatic carbocycles. The van der Waals surface area contributed by atoms with Gasteiger partial charge in [-0.05, 0) is 11.3 Å². The summed E-state index contributed by atoms with van der Waals surface area (Å²) >= 11 is 0. The van der Waals surface area contributed by atoms with Crippen molar-refractivity contribution in [3.63, 3.8) is 0 Å². The van der Waals surface area contributed by atoms with Gasteiger partial charge < -0.3 is 4.79 Å². The molecule has 0 spiro atoms. The summed E-state index contributed by atoms with van der Waals surface area (Å²) in [5.74, 6) is 0.947. The van der Waals surface area contributed by atoms with Gasteiger partial charge in [-0.3, -0.25) is 0 Å². The van der Waals surface area contributed by atoms with E-state index in [-0.39, 0.29) is 0 Å². The molecule has 0 heterocycles. The molecule has 0 radical (unpaired) electrons. The van der Waals surface area contributed by atoms with Crippen molar-refractivity contribution in [2.24, 2.45) is 17.3 Å². The van der Waals surface area contributed by atoms with Crippen molar-refractivity contribution in [2.45, 2.75) is 20.8 Å². The van der Waals surface area contributed by atoms with Crippen LogP contribution in [0.25, 0.3) is 0 Å². The van der Waals surface area contributed by atoms with E-state index in [1.807, 2.05) is 0 Å². The Morgan fingerprint density at radius 1 is 1.50 bits per heavy atom. The third-order valence-corrected chi connectivity index (χ3v) is 2.61. The van der Waals surface area contributed by atoms with Crippen molar-refractivity contribution in [2.75, 3.05) is 0 Å². The molecule has 0 saturated heterocycles. The minimum absolute atomic E-state index is 0.307. The van der Waals surface area contributed by atoms with E-state index in [4.69, 9.17) is 0 Å². The summed E-state index contributed by atoms with van der Waals surface area (Å²) in [6.45, 7) is 6.40. The van der Waals surface area contributed by atoms with Crippen LogP contribution < -0.4 is 0 Å². The Bertz CT molecular complexity index is 116. The molecule has 1 saturated carbocycles. The maximum Gasteiger partial charge on any atom is 0.123 e. The molecule has 1 aliphatic rings. The maximum absolute atomic E-state index is 10.2. The molecule has 1 nitrogen and oxygen atoms in total. The second-order valence-electron chi connectivity index (χ2n) is 3.27. The summed E-state index contributed by atoms with van der Waals surface area (Å²) in [4.78, 5) is 10.2. The molecular formula is C7H12O. The van der Waals surface area contributed by atoms with E-state index in [0.29, 0.717) is 17.3 Å². The highest BCUT2D eigenvalue weighted by molar-refractivity contribution is 5.60. The zero-order chi connectivity index (χ0) is 6.36. The van der Waals surface area contributed by atoms with Gasteiger partial charge in [0.05, 0.1) is 0 Å². The Kier molecular flexibility index (Phi) is 0.969. The lowest BCUT2D eigenvalue weighted by molar-refractivity contribution is -0.109. The fourth-order valence-corrected chi connectivity index (χ4v) is 1.23. The maximum atomic E-state index is 10.2. The van der Waals surface area contributed by atoms with E-state index in [1.54, 1.807) is 0 Å². The first-order valence-electron chi connectivity index (χ1n) is 3.06. The Balaban J connectivity index is 2.57. The average Bonchev–Trinajstić information content (AvgIpc) is 2.09. The number of carbonyl (C=O) groups excluding carboxylic acids is 1. The van der Waals surface area contributed by atoms with Gasteiger partial charge in [0.25, 0.3) is 0 Å². The van der Waals surface area contributed by atoms with Crippen molar-refractivity contribution in [1.82, 2.24) is 0 Å². The molecule has 0 bridgehead atoms. The van der Waals surface area contributed by atoms with Crippen molar-refractivity contribution < 1.29 is 4.79 Å². The van der Waals surface area contributed by atoms with Gasteiger partial charge in [-0.25, -0.2) is 0 Å². The van der Waals surface area contributed by atoms with Gasteiger partial charge in [-0.15, -0.1) is 0 Å². The molecule has 1 rings (SSSR count). The Morgan fingerprint density at radius 2 is 1.88 bits per heavy atom. The zero-order valence-corrected chi connectivity index (χ0v) is 5.64. The molecule has 2 atom stereocenters. The summed E-state index contributed by atoms with van der Waals surface area (Å²) in [5, 5.41) is 0.